The van der Waals surface area contributed by atoms with Gasteiger partial charge in [0, 0.05) is 6.04 Å². The molecule has 1 aliphatic carbocycles. The van der Waals surface area contributed by atoms with Crippen molar-refractivity contribution in [2.75, 3.05) is 5.75 Å². The largest absolute Gasteiger partial charge is 0.481 e. The van der Waals surface area contributed by atoms with E-state index >= 15 is 0 Å². The van der Waals surface area contributed by atoms with E-state index in [2.05, 4.69) is 12.2 Å². The van der Waals surface area contributed by atoms with Crippen molar-refractivity contribution >= 4 is 23.6 Å². The Kier molecular flexibility index (Phi) is 4.67. The molecule has 1 aliphatic heterocycles. The van der Waals surface area contributed by atoms with Crippen LogP contribution in [0.15, 0.2) is 0 Å². The summed E-state index contributed by atoms with van der Waals surface area (Å²) >= 11 is 1.74. The molecule has 4 atom stereocenters. The minimum Gasteiger partial charge on any atom is -0.481 e. The van der Waals surface area contributed by atoms with Crippen LogP contribution in [0.25, 0.3) is 0 Å². The van der Waals surface area contributed by atoms with Gasteiger partial charge in [0.15, 0.2) is 0 Å². The van der Waals surface area contributed by atoms with Crippen molar-refractivity contribution in [2.24, 2.45) is 17.3 Å². The van der Waals surface area contributed by atoms with Gasteiger partial charge in [-0.25, -0.2) is 0 Å². The van der Waals surface area contributed by atoms with Gasteiger partial charge >= 0.3 is 5.97 Å². The molecule has 0 bridgehead atoms. The molecule has 4 unspecified atom stereocenters. The molecule has 1 amide bonds. The van der Waals surface area contributed by atoms with Crippen molar-refractivity contribution in [3.05, 3.63) is 0 Å². The van der Waals surface area contributed by atoms with Crippen LogP contribution in [0.3, 0.4) is 0 Å². The zero-order valence-corrected chi connectivity index (χ0v) is 13.3. The van der Waals surface area contributed by atoms with Crippen LogP contribution >= 0.6 is 11.8 Å². The summed E-state index contributed by atoms with van der Waals surface area (Å²) in [6.07, 6.45) is 3.51. The average molecular weight is 299 g/mol. The molecule has 2 N–H and O–H groups in total. The molecule has 2 rings (SSSR count). The number of carbonyl (C=O) groups is 2. The van der Waals surface area contributed by atoms with E-state index in [1.807, 2.05) is 13.8 Å². The standard InChI is InChI=1S/C15H25NO3S/c1-9-11(16-13(17)12-5-4-8-20-12)7-6-10(14(18)19)15(9,2)3/h9-12H,4-8H2,1-3H3,(H,16,17)(H,18,19). The van der Waals surface area contributed by atoms with E-state index in [9.17, 15) is 14.7 Å². The van der Waals surface area contributed by atoms with Gasteiger partial charge in [-0.15, -0.1) is 11.8 Å². The molecular formula is C15H25NO3S. The molecule has 0 aromatic rings. The highest BCUT2D eigenvalue weighted by atomic mass is 32.2. The van der Waals surface area contributed by atoms with Crippen LogP contribution in [0.2, 0.25) is 0 Å². The monoisotopic (exact) mass is 299 g/mol. The predicted octanol–water partition coefficient (Wildman–Crippen LogP) is 2.52. The van der Waals surface area contributed by atoms with Gasteiger partial charge in [0.05, 0.1) is 11.2 Å². The first-order valence-electron chi connectivity index (χ1n) is 7.49. The summed E-state index contributed by atoms with van der Waals surface area (Å²) in [5.41, 5.74) is -0.287. The predicted molar refractivity (Wildman–Crippen MR) is 80.7 cm³/mol. The summed E-state index contributed by atoms with van der Waals surface area (Å²) in [6.45, 7) is 6.10. The van der Waals surface area contributed by atoms with E-state index in [0.29, 0.717) is 6.42 Å². The van der Waals surface area contributed by atoms with Gasteiger partial charge in [-0.2, -0.15) is 0 Å². The Morgan fingerprint density at radius 3 is 2.50 bits per heavy atom. The number of nitrogens with one attached hydrogen (secondary N) is 1. The Morgan fingerprint density at radius 2 is 1.95 bits per heavy atom. The Bertz CT molecular complexity index is 391. The molecule has 2 aliphatic rings. The number of carboxylic acids is 1. The van der Waals surface area contributed by atoms with Crippen LogP contribution in [0.5, 0.6) is 0 Å². The quantitative estimate of drug-likeness (QED) is 0.840. The van der Waals surface area contributed by atoms with E-state index in [1.165, 1.54) is 0 Å². The van der Waals surface area contributed by atoms with Crippen LogP contribution in [0, 0.1) is 17.3 Å². The normalized spacial score (nSPS) is 36.5. The van der Waals surface area contributed by atoms with Crippen molar-refractivity contribution in [1.82, 2.24) is 5.32 Å². The molecule has 1 saturated heterocycles. The van der Waals surface area contributed by atoms with Gasteiger partial charge in [-0.05, 0) is 42.8 Å². The number of carbonyl (C=O) groups excluding carboxylic acids is 1. The van der Waals surface area contributed by atoms with Crippen LogP contribution in [0.4, 0.5) is 0 Å². The molecule has 0 spiro atoms. The van der Waals surface area contributed by atoms with Crippen molar-refractivity contribution in [2.45, 2.75) is 57.7 Å². The second-order valence-electron chi connectivity index (χ2n) is 6.69. The number of hydrogen-bond acceptors (Lipinski definition) is 3. The van der Waals surface area contributed by atoms with E-state index in [0.717, 1.165) is 25.0 Å². The maximum Gasteiger partial charge on any atom is 0.307 e. The lowest BCUT2D eigenvalue weighted by Crippen LogP contribution is -2.53. The Morgan fingerprint density at radius 1 is 1.25 bits per heavy atom. The van der Waals surface area contributed by atoms with Gasteiger partial charge in [-0.3, -0.25) is 9.59 Å². The lowest BCUT2D eigenvalue weighted by atomic mass is 9.61. The third kappa shape index (κ3) is 2.97. The van der Waals surface area contributed by atoms with Gasteiger partial charge in [0.1, 0.15) is 0 Å². The number of aliphatic carboxylic acids is 1. The second kappa shape index (κ2) is 5.96. The van der Waals surface area contributed by atoms with E-state index in [1.54, 1.807) is 11.8 Å². The molecule has 114 valence electrons. The summed E-state index contributed by atoms with van der Waals surface area (Å²) in [4.78, 5) is 23.6. The lowest BCUT2D eigenvalue weighted by molar-refractivity contribution is -0.150. The Hall–Kier alpha value is -0.710. The highest BCUT2D eigenvalue weighted by Gasteiger charge is 2.46. The third-order valence-electron chi connectivity index (χ3n) is 5.29. The van der Waals surface area contributed by atoms with Crippen molar-refractivity contribution in [1.29, 1.82) is 0 Å². The molecule has 1 saturated carbocycles. The summed E-state index contributed by atoms with van der Waals surface area (Å²) in [5.74, 6) is 0.372. The summed E-state index contributed by atoms with van der Waals surface area (Å²) in [7, 11) is 0. The van der Waals surface area contributed by atoms with Gasteiger partial charge < -0.3 is 10.4 Å². The maximum atomic E-state index is 12.2. The van der Waals surface area contributed by atoms with Crippen LogP contribution in [-0.2, 0) is 9.59 Å². The molecule has 4 nitrogen and oxygen atoms in total. The molecule has 0 aromatic carbocycles. The Labute approximate surface area is 125 Å². The fourth-order valence-corrected chi connectivity index (χ4v) is 4.67. The minimum atomic E-state index is -0.710. The number of hydrogen-bond donors (Lipinski definition) is 2. The summed E-state index contributed by atoms with van der Waals surface area (Å²) < 4.78 is 0. The van der Waals surface area contributed by atoms with Crippen molar-refractivity contribution in [3.63, 3.8) is 0 Å². The maximum absolute atomic E-state index is 12.2. The van der Waals surface area contributed by atoms with Gasteiger partial charge in [0.25, 0.3) is 0 Å². The molecule has 0 aromatic heterocycles. The molecular weight excluding hydrogens is 274 g/mol. The fourth-order valence-electron chi connectivity index (χ4n) is 3.50. The number of carboxylic acid groups (broad SMARTS) is 1. The fraction of sp³-hybridized carbons (Fsp3) is 0.867. The number of rotatable bonds is 3. The van der Waals surface area contributed by atoms with E-state index in [-0.39, 0.29) is 34.4 Å². The first kappa shape index (κ1) is 15.7. The first-order valence-corrected chi connectivity index (χ1v) is 8.53. The lowest BCUT2D eigenvalue weighted by Gasteiger charge is -2.46. The summed E-state index contributed by atoms with van der Waals surface area (Å²) in [6, 6.07) is 0.106. The average Bonchev–Trinajstić information content (AvgIpc) is 2.88. The zero-order chi connectivity index (χ0) is 14.9. The minimum absolute atomic E-state index is 0.0995. The van der Waals surface area contributed by atoms with Gasteiger partial charge in [-0.1, -0.05) is 20.8 Å². The molecule has 0 radical (unpaired) electrons. The Balaban J connectivity index is 2.00. The van der Waals surface area contributed by atoms with Crippen molar-refractivity contribution in [3.8, 4) is 0 Å². The smallest absolute Gasteiger partial charge is 0.307 e. The van der Waals surface area contributed by atoms with Crippen LogP contribution in [-0.4, -0.2) is 34.0 Å². The highest BCUT2D eigenvalue weighted by molar-refractivity contribution is 8.00. The second-order valence-corrected chi connectivity index (χ2v) is 8.01. The van der Waals surface area contributed by atoms with E-state index < -0.39 is 5.97 Å². The third-order valence-corrected chi connectivity index (χ3v) is 6.67. The zero-order valence-electron chi connectivity index (χ0n) is 12.5. The number of thioether (sulfide) groups is 1. The van der Waals surface area contributed by atoms with Crippen LogP contribution < -0.4 is 5.32 Å². The number of amides is 1. The first-order chi connectivity index (χ1) is 9.34. The van der Waals surface area contributed by atoms with E-state index in [4.69, 9.17) is 0 Å². The van der Waals surface area contributed by atoms with Crippen LogP contribution in [0.1, 0.15) is 46.5 Å². The topological polar surface area (TPSA) is 66.4 Å². The SMILES string of the molecule is CC1C(NC(=O)C2CCCS2)CCC(C(=O)O)C1(C)C. The molecule has 1 heterocycles. The molecule has 5 heteroatoms. The van der Waals surface area contributed by atoms with Crippen molar-refractivity contribution < 1.29 is 14.7 Å². The van der Waals surface area contributed by atoms with Gasteiger partial charge in [0.2, 0.25) is 5.91 Å². The summed E-state index contributed by atoms with van der Waals surface area (Å²) in [5, 5.41) is 12.6. The molecule has 20 heavy (non-hydrogen) atoms. The molecule has 2 fully saturated rings. The highest BCUT2D eigenvalue weighted by Crippen LogP contribution is 2.45.